The molecule has 3 aromatic rings. The fourth-order valence-electron chi connectivity index (χ4n) is 2.65. The van der Waals surface area contributed by atoms with E-state index in [1.807, 2.05) is 42.5 Å². The molecule has 5 nitrogen and oxygen atoms in total. The number of halogens is 1. The molecule has 0 spiro atoms. The quantitative estimate of drug-likeness (QED) is 0.458. The highest BCUT2D eigenvalue weighted by Gasteiger charge is 2.13. The molecule has 0 aliphatic heterocycles. The molecule has 1 aromatic heterocycles. The van der Waals surface area contributed by atoms with E-state index < -0.39 is 5.97 Å². The summed E-state index contributed by atoms with van der Waals surface area (Å²) in [5, 5.41) is 1.29. The molecule has 27 heavy (non-hydrogen) atoms. The number of carbonyl (C=O) groups is 1. The fourth-order valence-corrected chi connectivity index (χ4v) is 2.91. The van der Waals surface area contributed by atoms with Gasteiger partial charge in [-0.15, -0.1) is 0 Å². The van der Waals surface area contributed by atoms with Gasteiger partial charge in [-0.1, -0.05) is 35.9 Å². The monoisotopic (exact) mass is 383 g/mol. The predicted molar refractivity (Wildman–Crippen MR) is 107 cm³/mol. The maximum atomic E-state index is 11.2. The van der Waals surface area contributed by atoms with Gasteiger partial charge in [0, 0.05) is 12.3 Å². The lowest BCUT2D eigenvalue weighted by atomic mass is 10.1. The van der Waals surface area contributed by atoms with Gasteiger partial charge in [0.05, 0.1) is 24.9 Å². The van der Waals surface area contributed by atoms with Gasteiger partial charge in [-0.3, -0.25) is 4.79 Å². The van der Waals surface area contributed by atoms with Crippen molar-refractivity contribution in [1.29, 1.82) is 0 Å². The molecule has 2 aromatic carbocycles. The summed E-state index contributed by atoms with van der Waals surface area (Å²) >= 11 is 6.23. The third-order valence-electron chi connectivity index (χ3n) is 3.87. The van der Waals surface area contributed by atoms with Crippen LogP contribution < -0.4 is 14.2 Å². The number of ether oxygens (including phenoxy) is 3. The van der Waals surface area contributed by atoms with Crippen molar-refractivity contribution in [2.75, 3.05) is 14.2 Å². The second-order valence-electron chi connectivity index (χ2n) is 5.73. The number of esters is 1. The topological polar surface area (TPSA) is 57.6 Å². The highest BCUT2D eigenvalue weighted by Crippen LogP contribution is 2.37. The fraction of sp³-hybridized carbons (Fsp3) is 0.143. The van der Waals surface area contributed by atoms with E-state index in [1.54, 1.807) is 19.2 Å². The van der Waals surface area contributed by atoms with Crippen LogP contribution in [-0.2, 0) is 4.79 Å². The molecule has 3 rings (SSSR count). The minimum Gasteiger partial charge on any atom is -0.494 e. The summed E-state index contributed by atoms with van der Waals surface area (Å²) in [4.78, 5) is 15.9. The van der Waals surface area contributed by atoms with Gasteiger partial charge in [-0.25, -0.2) is 4.98 Å². The zero-order valence-corrected chi connectivity index (χ0v) is 15.9. The van der Waals surface area contributed by atoms with Crippen molar-refractivity contribution in [2.45, 2.75) is 6.92 Å². The van der Waals surface area contributed by atoms with Gasteiger partial charge in [-0.2, -0.15) is 0 Å². The van der Waals surface area contributed by atoms with Gasteiger partial charge in [0.25, 0.3) is 0 Å². The number of hydrogen-bond donors (Lipinski definition) is 0. The maximum absolute atomic E-state index is 11.2. The van der Waals surface area contributed by atoms with Crippen LogP contribution in [0.3, 0.4) is 0 Å². The van der Waals surface area contributed by atoms with E-state index in [4.69, 9.17) is 25.8 Å². The highest BCUT2D eigenvalue weighted by molar-refractivity contribution is 6.32. The summed E-state index contributed by atoms with van der Waals surface area (Å²) in [7, 11) is 3.11. The van der Waals surface area contributed by atoms with Gasteiger partial charge in [0.15, 0.2) is 11.5 Å². The largest absolute Gasteiger partial charge is 0.494 e. The number of aromatic nitrogens is 1. The number of rotatable bonds is 5. The molecule has 6 heteroatoms. The van der Waals surface area contributed by atoms with Crippen LogP contribution in [0.5, 0.6) is 17.2 Å². The lowest BCUT2D eigenvalue weighted by Crippen LogP contribution is -2.03. The number of fused-ring (bicyclic) bond motifs is 1. The molecule has 138 valence electrons. The number of pyridine rings is 1. The van der Waals surface area contributed by atoms with Crippen LogP contribution in [-0.4, -0.2) is 25.2 Å². The Labute approximate surface area is 162 Å². The van der Waals surface area contributed by atoms with Crippen LogP contribution >= 0.6 is 11.6 Å². The van der Waals surface area contributed by atoms with Crippen molar-refractivity contribution in [3.8, 4) is 17.2 Å². The SMILES string of the molecule is COc1cc(/C=C/c2ccc3cccc(OC)c3n2)cc(Cl)c1OC(C)=O. The molecule has 0 bridgehead atoms. The van der Waals surface area contributed by atoms with Crippen LogP contribution in [0.25, 0.3) is 23.1 Å². The summed E-state index contributed by atoms with van der Waals surface area (Å²) in [6.45, 7) is 1.31. The molecule has 0 saturated carbocycles. The van der Waals surface area contributed by atoms with Gasteiger partial charge in [0.1, 0.15) is 11.3 Å². The molecule has 0 aliphatic carbocycles. The third-order valence-corrected chi connectivity index (χ3v) is 4.15. The van der Waals surface area contributed by atoms with E-state index in [2.05, 4.69) is 4.98 Å². The zero-order chi connectivity index (χ0) is 19.4. The number of benzene rings is 2. The summed E-state index contributed by atoms with van der Waals surface area (Å²) in [5.74, 6) is 0.842. The molecule has 0 aliphatic rings. The van der Waals surface area contributed by atoms with Crippen LogP contribution in [0.15, 0.2) is 42.5 Å². The number of methoxy groups -OCH3 is 2. The van der Waals surface area contributed by atoms with Gasteiger partial charge in [-0.05, 0) is 35.9 Å². The normalized spacial score (nSPS) is 11.0. The van der Waals surface area contributed by atoms with Crippen LogP contribution in [0, 0.1) is 0 Å². The van der Waals surface area contributed by atoms with Crippen molar-refractivity contribution in [2.24, 2.45) is 0 Å². The van der Waals surface area contributed by atoms with Crippen LogP contribution in [0.1, 0.15) is 18.2 Å². The number of carbonyl (C=O) groups excluding carboxylic acids is 1. The first kappa shape index (κ1) is 18.7. The van der Waals surface area contributed by atoms with Crippen LogP contribution in [0.4, 0.5) is 0 Å². The van der Waals surface area contributed by atoms with Crippen LogP contribution in [0.2, 0.25) is 5.02 Å². The summed E-state index contributed by atoms with van der Waals surface area (Å²) < 4.78 is 15.8. The van der Waals surface area contributed by atoms with E-state index in [9.17, 15) is 4.79 Å². The van der Waals surface area contributed by atoms with Crippen molar-refractivity contribution >= 4 is 40.6 Å². The minimum absolute atomic E-state index is 0.206. The molecule has 0 unspecified atom stereocenters. The molecular weight excluding hydrogens is 366 g/mol. The molecule has 0 atom stereocenters. The van der Waals surface area contributed by atoms with E-state index in [1.165, 1.54) is 14.0 Å². The highest BCUT2D eigenvalue weighted by atomic mass is 35.5. The average Bonchev–Trinajstić information content (AvgIpc) is 2.67. The standard InChI is InChI=1S/C21H18ClNO4/c1-13(24)27-21-17(22)11-14(12-19(21)26-3)7-9-16-10-8-15-5-4-6-18(25-2)20(15)23-16/h4-12H,1-3H3/b9-7+. The van der Waals surface area contributed by atoms with E-state index in [0.717, 1.165) is 27.9 Å². The predicted octanol–water partition coefficient (Wildman–Crippen LogP) is 5.00. The first-order valence-electron chi connectivity index (χ1n) is 8.19. The van der Waals surface area contributed by atoms with E-state index in [-0.39, 0.29) is 10.8 Å². The minimum atomic E-state index is -0.465. The second kappa shape index (κ2) is 8.10. The lowest BCUT2D eigenvalue weighted by Gasteiger charge is -2.10. The Bertz CT molecular complexity index is 1030. The first-order valence-corrected chi connectivity index (χ1v) is 8.57. The lowest BCUT2D eigenvalue weighted by molar-refractivity contribution is -0.132. The number of hydrogen-bond acceptors (Lipinski definition) is 5. The zero-order valence-electron chi connectivity index (χ0n) is 15.2. The van der Waals surface area contributed by atoms with E-state index in [0.29, 0.717) is 5.75 Å². The van der Waals surface area contributed by atoms with Gasteiger partial charge in [0.2, 0.25) is 0 Å². The molecule has 0 saturated heterocycles. The maximum Gasteiger partial charge on any atom is 0.308 e. The third kappa shape index (κ3) is 4.20. The van der Waals surface area contributed by atoms with Crippen molar-refractivity contribution in [3.63, 3.8) is 0 Å². The Morgan fingerprint density at radius 3 is 2.52 bits per heavy atom. The molecule has 0 amide bonds. The Morgan fingerprint density at radius 2 is 1.81 bits per heavy atom. The summed E-state index contributed by atoms with van der Waals surface area (Å²) in [5.41, 5.74) is 2.35. The van der Waals surface area contributed by atoms with Gasteiger partial charge >= 0.3 is 5.97 Å². The number of para-hydroxylation sites is 1. The summed E-state index contributed by atoms with van der Waals surface area (Å²) in [6.07, 6.45) is 3.72. The molecule has 0 N–H and O–H groups in total. The van der Waals surface area contributed by atoms with Crippen molar-refractivity contribution in [1.82, 2.24) is 4.98 Å². The Morgan fingerprint density at radius 1 is 1.04 bits per heavy atom. The van der Waals surface area contributed by atoms with Gasteiger partial charge < -0.3 is 14.2 Å². The van der Waals surface area contributed by atoms with Crippen molar-refractivity contribution < 1.29 is 19.0 Å². The molecule has 1 heterocycles. The molecule has 0 radical (unpaired) electrons. The Hall–Kier alpha value is -3.05. The first-order chi connectivity index (χ1) is 13.0. The molecular formula is C21H18ClNO4. The average molecular weight is 384 g/mol. The second-order valence-corrected chi connectivity index (χ2v) is 6.14. The van der Waals surface area contributed by atoms with E-state index >= 15 is 0 Å². The van der Waals surface area contributed by atoms with Crippen molar-refractivity contribution in [3.05, 3.63) is 58.7 Å². The molecule has 0 fully saturated rings. The smallest absolute Gasteiger partial charge is 0.308 e. The Balaban J connectivity index is 1.95. The summed E-state index contributed by atoms with van der Waals surface area (Å²) in [6, 6.07) is 13.1. The number of nitrogens with zero attached hydrogens (tertiary/aromatic N) is 1. The Kier molecular flexibility index (Phi) is 5.62.